The first-order valence-electron chi connectivity index (χ1n) is 9.32. The fourth-order valence-corrected chi connectivity index (χ4v) is 2.86. The number of rotatable bonds is 12. The number of nitrogens with one attached hydrogen (secondary N) is 1. The number of ether oxygens (including phenoxy) is 2. The van der Waals surface area contributed by atoms with Crippen LogP contribution in [0.15, 0.2) is 18.2 Å². The Balaban J connectivity index is 2.26. The maximum Gasteiger partial charge on any atom is 0.168 e. The van der Waals surface area contributed by atoms with Crippen molar-refractivity contribution in [3.05, 3.63) is 23.8 Å². The summed E-state index contributed by atoms with van der Waals surface area (Å²) in [5, 5.41) is 4.19. The van der Waals surface area contributed by atoms with Gasteiger partial charge in [-0.2, -0.15) is 0 Å². The van der Waals surface area contributed by atoms with Gasteiger partial charge in [0.2, 0.25) is 0 Å². The summed E-state index contributed by atoms with van der Waals surface area (Å²) < 4.78 is 10.6. The van der Waals surface area contributed by atoms with Crippen molar-refractivity contribution in [1.29, 1.82) is 0 Å². The summed E-state index contributed by atoms with van der Waals surface area (Å²) in [7, 11) is 5.35. The molecule has 0 radical (unpaired) electrons. The molecule has 0 atom stereocenters. The Morgan fingerprint density at radius 3 is 2.40 bits per heavy atom. The average molecular weight is 367 g/mol. The number of hydrogen-bond acceptors (Lipinski definition) is 3. The van der Waals surface area contributed by atoms with E-state index >= 15 is 0 Å². The van der Waals surface area contributed by atoms with E-state index in [2.05, 4.69) is 23.2 Å². The zero-order valence-corrected chi connectivity index (χ0v) is 17.1. The lowest BCUT2D eigenvalue weighted by Gasteiger charge is -2.21. The molecule has 0 unspecified atom stereocenters. The maximum atomic E-state index is 5.47. The lowest BCUT2D eigenvalue weighted by Crippen LogP contribution is -2.38. The molecule has 1 aromatic carbocycles. The third-order valence-electron chi connectivity index (χ3n) is 4.34. The van der Waals surface area contributed by atoms with Crippen molar-refractivity contribution in [3.8, 4) is 11.5 Å². The summed E-state index contributed by atoms with van der Waals surface area (Å²) in [6.07, 6.45) is 8.72. The van der Waals surface area contributed by atoms with Crippen molar-refractivity contribution in [3.63, 3.8) is 0 Å². The highest BCUT2D eigenvalue weighted by atomic mass is 32.1. The van der Waals surface area contributed by atoms with Crippen LogP contribution in [-0.2, 0) is 6.42 Å². The van der Waals surface area contributed by atoms with E-state index in [0.29, 0.717) is 0 Å². The first-order chi connectivity index (χ1) is 12.1. The van der Waals surface area contributed by atoms with Gasteiger partial charge in [-0.25, -0.2) is 0 Å². The summed E-state index contributed by atoms with van der Waals surface area (Å²) >= 11 is 5.47. The predicted molar refractivity (Wildman–Crippen MR) is 110 cm³/mol. The van der Waals surface area contributed by atoms with Gasteiger partial charge < -0.3 is 19.7 Å². The molecule has 0 aromatic heterocycles. The lowest BCUT2D eigenvalue weighted by molar-refractivity contribution is 0.354. The molecular formula is C20H34N2O2S. The minimum atomic E-state index is 0.760. The number of methoxy groups -OCH3 is 2. The van der Waals surface area contributed by atoms with Gasteiger partial charge in [0.25, 0.3) is 0 Å². The molecule has 0 heterocycles. The van der Waals surface area contributed by atoms with Crippen LogP contribution in [0.25, 0.3) is 0 Å². The highest BCUT2D eigenvalue weighted by Gasteiger charge is 2.07. The summed E-state index contributed by atoms with van der Waals surface area (Å²) in [6, 6.07) is 6.05. The Morgan fingerprint density at radius 2 is 1.72 bits per heavy atom. The van der Waals surface area contributed by atoms with E-state index in [1.807, 2.05) is 19.2 Å². The average Bonchev–Trinajstić information content (AvgIpc) is 2.64. The van der Waals surface area contributed by atoms with Gasteiger partial charge in [-0.3, -0.25) is 0 Å². The molecule has 0 saturated heterocycles. The van der Waals surface area contributed by atoms with Gasteiger partial charge in [0, 0.05) is 20.1 Å². The Kier molecular flexibility index (Phi) is 11.0. The second kappa shape index (κ2) is 12.8. The van der Waals surface area contributed by atoms with Crippen molar-refractivity contribution in [2.45, 2.75) is 51.9 Å². The van der Waals surface area contributed by atoms with Crippen LogP contribution in [0.4, 0.5) is 0 Å². The summed E-state index contributed by atoms with van der Waals surface area (Å²) in [5.41, 5.74) is 1.21. The summed E-state index contributed by atoms with van der Waals surface area (Å²) in [5.74, 6) is 1.53. The van der Waals surface area contributed by atoms with E-state index < -0.39 is 0 Å². The molecule has 0 bridgehead atoms. The van der Waals surface area contributed by atoms with E-state index in [1.165, 1.54) is 44.1 Å². The molecule has 0 aliphatic heterocycles. The molecule has 0 spiro atoms. The molecular weight excluding hydrogens is 332 g/mol. The van der Waals surface area contributed by atoms with Crippen molar-refractivity contribution in [2.24, 2.45) is 0 Å². The second-order valence-corrected chi connectivity index (χ2v) is 6.75. The molecule has 5 heteroatoms. The molecule has 1 aromatic rings. The highest BCUT2D eigenvalue weighted by molar-refractivity contribution is 7.80. The Bertz CT molecular complexity index is 508. The second-order valence-electron chi connectivity index (χ2n) is 6.36. The molecule has 142 valence electrons. The third-order valence-corrected chi connectivity index (χ3v) is 4.79. The zero-order chi connectivity index (χ0) is 18.5. The minimum Gasteiger partial charge on any atom is -0.493 e. The number of unbranched alkanes of at least 4 members (excludes halogenated alkanes) is 5. The number of hydrogen-bond donors (Lipinski definition) is 1. The number of benzene rings is 1. The minimum absolute atomic E-state index is 0.760. The monoisotopic (exact) mass is 366 g/mol. The van der Waals surface area contributed by atoms with Crippen LogP contribution in [0, 0.1) is 0 Å². The predicted octanol–water partition coefficient (Wildman–Crippen LogP) is 4.41. The Morgan fingerprint density at radius 1 is 1.04 bits per heavy atom. The molecule has 0 aliphatic rings. The van der Waals surface area contributed by atoms with Gasteiger partial charge in [0.15, 0.2) is 16.6 Å². The highest BCUT2D eigenvalue weighted by Crippen LogP contribution is 2.27. The lowest BCUT2D eigenvalue weighted by atomic mass is 10.1. The van der Waals surface area contributed by atoms with Gasteiger partial charge >= 0.3 is 0 Å². The topological polar surface area (TPSA) is 33.7 Å². The molecule has 0 saturated carbocycles. The van der Waals surface area contributed by atoms with Gasteiger partial charge in [-0.05, 0) is 42.8 Å². The maximum absolute atomic E-state index is 5.47. The third kappa shape index (κ3) is 8.43. The number of nitrogens with zero attached hydrogens (tertiary/aromatic N) is 1. The quantitative estimate of drug-likeness (QED) is 0.438. The van der Waals surface area contributed by atoms with Gasteiger partial charge in [0.1, 0.15) is 0 Å². The van der Waals surface area contributed by atoms with Crippen LogP contribution < -0.4 is 14.8 Å². The van der Waals surface area contributed by atoms with E-state index in [9.17, 15) is 0 Å². The Hall–Kier alpha value is -1.49. The summed E-state index contributed by atoms with van der Waals surface area (Å²) in [6.45, 7) is 4.08. The first-order valence-corrected chi connectivity index (χ1v) is 9.73. The van der Waals surface area contributed by atoms with E-state index in [0.717, 1.165) is 36.1 Å². The SMILES string of the molecule is CCCCCCCCNC(=S)N(C)CCc1ccc(OC)c(OC)c1. The molecule has 25 heavy (non-hydrogen) atoms. The standard InChI is InChI=1S/C20H34N2O2S/c1-5-6-7-8-9-10-14-21-20(25)22(2)15-13-17-11-12-18(23-3)19(16-17)24-4/h11-12,16H,5-10,13-15H2,1-4H3,(H,21,25). The molecule has 4 nitrogen and oxygen atoms in total. The van der Waals surface area contributed by atoms with Crippen LogP contribution in [0.2, 0.25) is 0 Å². The van der Waals surface area contributed by atoms with E-state index in [-0.39, 0.29) is 0 Å². The fraction of sp³-hybridized carbons (Fsp3) is 0.650. The van der Waals surface area contributed by atoms with E-state index in [4.69, 9.17) is 21.7 Å². The van der Waals surface area contributed by atoms with Crippen molar-refractivity contribution < 1.29 is 9.47 Å². The van der Waals surface area contributed by atoms with Crippen LogP contribution in [0.5, 0.6) is 11.5 Å². The fourth-order valence-electron chi connectivity index (χ4n) is 2.67. The smallest absolute Gasteiger partial charge is 0.168 e. The number of thiocarbonyl (C=S) groups is 1. The van der Waals surface area contributed by atoms with Crippen molar-refractivity contribution >= 4 is 17.3 Å². The van der Waals surface area contributed by atoms with Crippen LogP contribution >= 0.6 is 12.2 Å². The number of likely N-dealkylation sites (N-methyl/N-ethyl adjacent to an activating group) is 1. The van der Waals surface area contributed by atoms with Crippen LogP contribution in [0.1, 0.15) is 51.0 Å². The summed E-state index contributed by atoms with van der Waals surface area (Å²) in [4.78, 5) is 2.10. The molecule has 1 N–H and O–H groups in total. The molecule has 0 amide bonds. The normalized spacial score (nSPS) is 10.4. The Labute approximate surface area is 158 Å². The molecule has 0 aliphatic carbocycles. The largest absolute Gasteiger partial charge is 0.493 e. The van der Waals surface area contributed by atoms with Crippen molar-refractivity contribution in [2.75, 3.05) is 34.4 Å². The van der Waals surface area contributed by atoms with Gasteiger partial charge in [-0.15, -0.1) is 0 Å². The first kappa shape index (κ1) is 21.6. The van der Waals surface area contributed by atoms with Crippen LogP contribution in [-0.4, -0.2) is 44.4 Å². The molecule has 1 rings (SSSR count). The zero-order valence-electron chi connectivity index (χ0n) is 16.3. The molecule has 0 fully saturated rings. The van der Waals surface area contributed by atoms with Gasteiger partial charge in [0.05, 0.1) is 14.2 Å². The van der Waals surface area contributed by atoms with E-state index in [1.54, 1.807) is 14.2 Å². The van der Waals surface area contributed by atoms with Crippen molar-refractivity contribution in [1.82, 2.24) is 10.2 Å². The van der Waals surface area contributed by atoms with Gasteiger partial charge in [-0.1, -0.05) is 45.1 Å². The van der Waals surface area contributed by atoms with Crippen LogP contribution in [0.3, 0.4) is 0 Å².